The molecule has 1 aromatic rings. The molecule has 1 rings (SSSR count). The van der Waals surface area contributed by atoms with Crippen LogP contribution in [-0.4, -0.2) is 28.2 Å². The summed E-state index contributed by atoms with van der Waals surface area (Å²) >= 11 is 6.00. The first-order valence-corrected chi connectivity index (χ1v) is 7.33. The van der Waals surface area contributed by atoms with E-state index in [0.29, 0.717) is 17.1 Å². The molecule has 1 aromatic heterocycles. The summed E-state index contributed by atoms with van der Waals surface area (Å²) in [5, 5.41) is 12.7. The molecule has 0 saturated heterocycles. The van der Waals surface area contributed by atoms with E-state index in [4.69, 9.17) is 16.7 Å². The molecule has 20 heavy (non-hydrogen) atoms. The standard InChI is InChI=1S/C15H25ClN2O2/c1-10(2)18-9-11(16)8-12(18)14(20)17-13(6-7-19)15(3,4)5/h8-10,13,19H,6-7H2,1-5H3,(H,17,20). The number of aromatic nitrogens is 1. The van der Waals surface area contributed by atoms with Crippen LogP contribution < -0.4 is 5.32 Å². The zero-order chi connectivity index (χ0) is 15.5. The molecule has 1 amide bonds. The summed E-state index contributed by atoms with van der Waals surface area (Å²) in [6.45, 7) is 10.2. The van der Waals surface area contributed by atoms with Crippen LogP contribution in [0.2, 0.25) is 5.02 Å². The van der Waals surface area contributed by atoms with Crippen LogP contribution in [0.4, 0.5) is 0 Å². The van der Waals surface area contributed by atoms with Crippen molar-refractivity contribution in [1.29, 1.82) is 0 Å². The van der Waals surface area contributed by atoms with Gasteiger partial charge in [0, 0.05) is 24.9 Å². The van der Waals surface area contributed by atoms with Crippen molar-refractivity contribution in [3.05, 3.63) is 23.0 Å². The summed E-state index contributed by atoms with van der Waals surface area (Å²) in [7, 11) is 0. The Morgan fingerprint density at radius 1 is 1.45 bits per heavy atom. The minimum absolute atomic E-state index is 0.0498. The summed E-state index contributed by atoms with van der Waals surface area (Å²) in [5.74, 6) is -0.154. The molecule has 0 spiro atoms. The second-order valence-corrected chi connectivity index (χ2v) is 6.89. The summed E-state index contributed by atoms with van der Waals surface area (Å²) in [6.07, 6.45) is 2.30. The molecule has 1 heterocycles. The van der Waals surface area contributed by atoms with E-state index in [9.17, 15) is 4.79 Å². The smallest absolute Gasteiger partial charge is 0.268 e. The van der Waals surface area contributed by atoms with Crippen LogP contribution >= 0.6 is 11.6 Å². The molecule has 0 aliphatic rings. The van der Waals surface area contributed by atoms with Crippen molar-refractivity contribution >= 4 is 17.5 Å². The maximum Gasteiger partial charge on any atom is 0.268 e. The molecule has 4 nitrogen and oxygen atoms in total. The van der Waals surface area contributed by atoms with E-state index < -0.39 is 0 Å². The van der Waals surface area contributed by atoms with Gasteiger partial charge in [0.05, 0.1) is 5.02 Å². The number of carbonyl (C=O) groups excluding carboxylic acids is 1. The molecule has 2 N–H and O–H groups in total. The average molecular weight is 301 g/mol. The first-order valence-electron chi connectivity index (χ1n) is 6.96. The lowest BCUT2D eigenvalue weighted by Gasteiger charge is -2.31. The molecule has 0 bridgehead atoms. The summed E-state index contributed by atoms with van der Waals surface area (Å²) in [6, 6.07) is 1.75. The molecular weight excluding hydrogens is 276 g/mol. The van der Waals surface area contributed by atoms with Gasteiger partial charge in [-0.2, -0.15) is 0 Å². The van der Waals surface area contributed by atoms with Crippen LogP contribution in [0.5, 0.6) is 0 Å². The van der Waals surface area contributed by atoms with Crippen molar-refractivity contribution in [2.45, 2.75) is 53.1 Å². The molecular formula is C15H25ClN2O2. The fourth-order valence-electron chi connectivity index (χ4n) is 2.14. The number of rotatable bonds is 5. The van der Waals surface area contributed by atoms with Gasteiger partial charge in [-0.25, -0.2) is 0 Å². The highest BCUT2D eigenvalue weighted by atomic mass is 35.5. The van der Waals surface area contributed by atoms with Crippen molar-refractivity contribution in [2.24, 2.45) is 5.41 Å². The number of nitrogens with one attached hydrogen (secondary N) is 1. The normalized spacial score (nSPS) is 13.6. The molecule has 114 valence electrons. The number of carbonyl (C=O) groups is 1. The molecule has 5 heteroatoms. The average Bonchev–Trinajstić information content (AvgIpc) is 2.69. The van der Waals surface area contributed by atoms with Gasteiger partial charge in [-0.3, -0.25) is 4.79 Å². The van der Waals surface area contributed by atoms with Crippen LogP contribution in [0.25, 0.3) is 0 Å². The van der Waals surface area contributed by atoms with Crippen LogP contribution in [0.15, 0.2) is 12.3 Å². The highest BCUT2D eigenvalue weighted by Gasteiger charge is 2.27. The lowest BCUT2D eigenvalue weighted by atomic mass is 9.85. The maximum absolute atomic E-state index is 12.4. The van der Waals surface area contributed by atoms with Gasteiger partial charge in [0.15, 0.2) is 0 Å². The molecule has 0 aromatic carbocycles. The van der Waals surface area contributed by atoms with Gasteiger partial charge in [0.2, 0.25) is 0 Å². The fourth-order valence-corrected chi connectivity index (χ4v) is 2.35. The van der Waals surface area contributed by atoms with Gasteiger partial charge in [0.1, 0.15) is 5.69 Å². The molecule has 1 unspecified atom stereocenters. The Morgan fingerprint density at radius 3 is 2.50 bits per heavy atom. The predicted octanol–water partition coefficient (Wildman–Crippen LogP) is 3.25. The number of aliphatic hydroxyl groups is 1. The van der Waals surface area contributed by atoms with Gasteiger partial charge in [-0.05, 0) is 31.7 Å². The minimum Gasteiger partial charge on any atom is -0.396 e. The predicted molar refractivity (Wildman–Crippen MR) is 82.2 cm³/mol. The number of amides is 1. The van der Waals surface area contributed by atoms with E-state index in [0.717, 1.165) is 0 Å². The van der Waals surface area contributed by atoms with E-state index >= 15 is 0 Å². The van der Waals surface area contributed by atoms with E-state index in [-0.39, 0.29) is 30.0 Å². The zero-order valence-corrected chi connectivity index (χ0v) is 13.7. The Balaban J connectivity index is 2.95. The number of hydrogen-bond donors (Lipinski definition) is 2. The lowest BCUT2D eigenvalue weighted by molar-refractivity contribution is 0.0874. The summed E-state index contributed by atoms with van der Waals surface area (Å²) in [4.78, 5) is 12.4. The van der Waals surface area contributed by atoms with Crippen LogP contribution in [0, 0.1) is 5.41 Å². The van der Waals surface area contributed by atoms with Gasteiger partial charge in [0.25, 0.3) is 5.91 Å². The van der Waals surface area contributed by atoms with Crippen molar-refractivity contribution in [3.63, 3.8) is 0 Å². The van der Waals surface area contributed by atoms with Gasteiger partial charge < -0.3 is 15.0 Å². The fraction of sp³-hybridized carbons (Fsp3) is 0.667. The van der Waals surface area contributed by atoms with E-state index in [1.54, 1.807) is 12.3 Å². The second kappa shape index (κ2) is 6.64. The van der Waals surface area contributed by atoms with E-state index in [1.165, 1.54) is 0 Å². The van der Waals surface area contributed by atoms with Crippen molar-refractivity contribution in [3.8, 4) is 0 Å². The second-order valence-electron chi connectivity index (χ2n) is 6.45. The lowest BCUT2D eigenvalue weighted by Crippen LogP contribution is -2.44. The minimum atomic E-state index is -0.154. The zero-order valence-electron chi connectivity index (χ0n) is 12.9. The quantitative estimate of drug-likeness (QED) is 0.877. The molecule has 1 atom stereocenters. The summed E-state index contributed by atoms with van der Waals surface area (Å²) in [5.41, 5.74) is 0.439. The molecule has 0 fully saturated rings. The van der Waals surface area contributed by atoms with E-state index in [2.05, 4.69) is 5.32 Å². The third-order valence-electron chi connectivity index (χ3n) is 3.37. The summed E-state index contributed by atoms with van der Waals surface area (Å²) < 4.78 is 1.86. The van der Waals surface area contributed by atoms with Crippen molar-refractivity contribution < 1.29 is 9.90 Å². The largest absolute Gasteiger partial charge is 0.396 e. The van der Waals surface area contributed by atoms with Crippen LogP contribution in [-0.2, 0) is 0 Å². The molecule has 0 aliphatic carbocycles. The topological polar surface area (TPSA) is 54.3 Å². The Labute approximate surface area is 126 Å². The first kappa shape index (κ1) is 17.1. The third-order valence-corrected chi connectivity index (χ3v) is 3.58. The van der Waals surface area contributed by atoms with Gasteiger partial charge in [-0.15, -0.1) is 0 Å². The highest BCUT2D eigenvalue weighted by Crippen LogP contribution is 2.23. The Morgan fingerprint density at radius 2 is 2.05 bits per heavy atom. The highest BCUT2D eigenvalue weighted by molar-refractivity contribution is 6.31. The molecule has 0 radical (unpaired) electrons. The first-order chi connectivity index (χ1) is 9.16. The number of aliphatic hydroxyl groups excluding tert-OH is 1. The van der Waals surface area contributed by atoms with Crippen molar-refractivity contribution in [2.75, 3.05) is 6.61 Å². The number of nitrogens with zero attached hydrogens (tertiary/aromatic N) is 1. The maximum atomic E-state index is 12.4. The Kier molecular flexibility index (Phi) is 5.66. The van der Waals surface area contributed by atoms with Crippen LogP contribution in [0.1, 0.15) is 57.6 Å². The van der Waals surface area contributed by atoms with Gasteiger partial charge >= 0.3 is 0 Å². The van der Waals surface area contributed by atoms with Crippen molar-refractivity contribution in [1.82, 2.24) is 9.88 Å². The Bertz CT molecular complexity index is 461. The number of halogens is 1. The van der Waals surface area contributed by atoms with Gasteiger partial charge in [-0.1, -0.05) is 32.4 Å². The molecule has 0 aliphatic heterocycles. The monoisotopic (exact) mass is 300 g/mol. The SMILES string of the molecule is CC(C)n1cc(Cl)cc1C(=O)NC(CCO)C(C)(C)C. The third kappa shape index (κ3) is 4.25. The number of hydrogen-bond acceptors (Lipinski definition) is 2. The Hall–Kier alpha value is -1.00. The van der Waals surface area contributed by atoms with E-state index in [1.807, 2.05) is 39.2 Å². The molecule has 0 saturated carbocycles. The van der Waals surface area contributed by atoms with Crippen LogP contribution in [0.3, 0.4) is 0 Å².